The first-order valence-electron chi connectivity index (χ1n) is 12.5. The molecule has 0 saturated carbocycles. The molecule has 6 heteroatoms. The third-order valence-corrected chi connectivity index (χ3v) is 6.55. The number of carbonyl (C=O) groups is 2. The summed E-state index contributed by atoms with van der Waals surface area (Å²) in [7, 11) is 4.01. The molecule has 1 N–H and O–H groups in total. The fourth-order valence-corrected chi connectivity index (χ4v) is 4.59. The smallest absolute Gasteiger partial charge is 0.196 e. The first-order chi connectivity index (χ1) is 18.5. The quantitative estimate of drug-likeness (QED) is 0.241. The summed E-state index contributed by atoms with van der Waals surface area (Å²) in [5, 5.41) is 12.1. The average Bonchev–Trinajstić information content (AvgIpc) is 2.95. The highest BCUT2D eigenvalue weighted by Crippen LogP contribution is 2.34. The van der Waals surface area contributed by atoms with Crippen molar-refractivity contribution in [1.82, 2.24) is 0 Å². The summed E-state index contributed by atoms with van der Waals surface area (Å²) in [4.78, 5) is 28.4. The summed E-state index contributed by atoms with van der Waals surface area (Å²) in [6, 6.07) is 28.4. The van der Waals surface area contributed by atoms with Gasteiger partial charge in [0.25, 0.3) is 0 Å². The predicted molar refractivity (Wildman–Crippen MR) is 153 cm³/mol. The normalized spacial score (nSPS) is 12.9. The Hall–Kier alpha value is -4.84. The van der Waals surface area contributed by atoms with Crippen LogP contribution in [0, 0.1) is 0 Å². The number of anilines is 2. The van der Waals surface area contributed by atoms with Crippen LogP contribution in [-0.2, 0) is 0 Å². The van der Waals surface area contributed by atoms with Gasteiger partial charge in [-0.25, -0.2) is 0 Å². The zero-order valence-corrected chi connectivity index (χ0v) is 21.6. The van der Waals surface area contributed by atoms with Crippen molar-refractivity contribution in [2.45, 2.75) is 6.92 Å². The Kier molecular flexibility index (Phi) is 6.96. The number of fused-ring (bicyclic) bond motifs is 2. The maximum Gasteiger partial charge on any atom is 0.196 e. The van der Waals surface area contributed by atoms with E-state index in [1.807, 2.05) is 43.3 Å². The van der Waals surface area contributed by atoms with E-state index < -0.39 is 0 Å². The molecule has 0 aromatic heterocycles. The van der Waals surface area contributed by atoms with Gasteiger partial charge in [0.1, 0.15) is 0 Å². The Morgan fingerprint density at radius 3 is 2.00 bits per heavy atom. The van der Waals surface area contributed by atoms with Crippen LogP contribution in [-0.4, -0.2) is 32.2 Å². The van der Waals surface area contributed by atoms with Crippen LogP contribution in [0.5, 0.6) is 0 Å². The fraction of sp³-hybridized carbons (Fsp3) is 0.125. The van der Waals surface area contributed by atoms with Crippen molar-refractivity contribution in [2.24, 2.45) is 10.2 Å². The van der Waals surface area contributed by atoms with Gasteiger partial charge in [-0.2, -0.15) is 10.2 Å². The van der Waals surface area contributed by atoms with E-state index >= 15 is 0 Å². The Morgan fingerprint density at radius 1 is 0.763 bits per heavy atom. The lowest BCUT2D eigenvalue weighted by Gasteiger charge is -2.18. The molecule has 1 aliphatic rings. The van der Waals surface area contributed by atoms with Gasteiger partial charge in [-0.15, -0.1) is 0 Å². The van der Waals surface area contributed by atoms with Gasteiger partial charge in [0, 0.05) is 54.3 Å². The Balaban J connectivity index is 1.54. The number of rotatable bonds is 7. The van der Waals surface area contributed by atoms with Crippen LogP contribution in [0.2, 0.25) is 0 Å². The molecule has 5 rings (SSSR count). The monoisotopic (exact) mass is 500 g/mol. The van der Waals surface area contributed by atoms with Gasteiger partial charge in [-0.05, 0) is 48.4 Å². The molecule has 0 fully saturated rings. The van der Waals surface area contributed by atoms with Gasteiger partial charge in [0.2, 0.25) is 0 Å². The minimum absolute atomic E-state index is 0.176. The van der Waals surface area contributed by atoms with Gasteiger partial charge in [0.05, 0.1) is 17.5 Å². The highest BCUT2D eigenvalue weighted by Gasteiger charge is 2.31. The third kappa shape index (κ3) is 4.76. The lowest BCUT2D eigenvalue weighted by Crippen LogP contribution is -2.20. The molecule has 0 radical (unpaired) electrons. The molecule has 0 unspecified atom stereocenters. The van der Waals surface area contributed by atoms with E-state index in [0.717, 1.165) is 34.6 Å². The van der Waals surface area contributed by atoms with Crippen LogP contribution in [0.25, 0.3) is 5.57 Å². The molecule has 0 amide bonds. The van der Waals surface area contributed by atoms with Crippen LogP contribution in [0.15, 0.2) is 107 Å². The minimum atomic E-state index is -0.216. The third-order valence-electron chi connectivity index (χ3n) is 6.55. The van der Waals surface area contributed by atoms with Gasteiger partial charge >= 0.3 is 0 Å². The van der Waals surface area contributed by atoms with Crippen LogP contribution in [0.4, 0.5) is 17.1 Å². The molecule has 0 spiro atoms. The van der Waals surface area contributed by atoms with E-state index in [9.17, 15) is 9.59 Å². The topological polar surface area (TPSA) is 74.1 Å². The number of ketones is 2. The number of nitrogens with zero attached hydrogens (tertiary/aromatic N) is 3. The van der Waals surface area contributed by atoms with Gasteiger partial charge in [-0.1, -0.05) is 60.7 Å². The van der Waals surface area contributed by atoms with E-state index in [4.69, 9.17) is 0 Å². The first kappa shape index (κ1) is 24.8. The van der Waals surface area contributed by atoms with Crippen molar-refractivity contribution < 1.29 is 9.59 Å². The standard InChI is InChI=1S/C32H28N4O2/c1-4-33-23-16-12-21(13-17-23)28(22-14-18-24(19-15-22)36(2)3)20-34-35-29-11-7-10-27-30(29)32(38)26-9-6-5-8-25(26)31(27)37/h5-20,33H,4H2,1-3H3. The minimum Gasteiger partial charge on any atom is -0.385 e. The van der Waals surface area contributed by atoms with Gasteiger partial charge < -0.3 is 10.2 Å². The van der Waals surface area contributed by atoms with Crippen molar-refractivity contribution in [3.05, 3.63) is 131 Å². The summed E-state index contributed by atoms with van der Waals surface area (Å²) in [5.74, 6) is -0.391. The molecule has 0 aliphatic heterocycles. The largest absolute Gasteiger partial charge is 0.385 e. The van der Waals surface area contributed by atoms with Crippen molar-refractivity contribution in [3.63, 3.8) is 0 Å². The van der Waals surface area contributed by atoms with Crippen molar-refractivity contribution >= 4 is 34.2 Å². The second kappa shape index (κ2) is 10.6. The molecule has 0 bridgehead atoms. The summed E-state index contributed by atoms with van der Waals surface area (Å²) < 4.78 is 0. The summed E-state index contributed by atoms with van der Waals surface area (Å²) >= 11 is 0. The van der Waals surface area contributed by atoms with E-state index in [2.05, 4.69) is 46.7 Å². The molecular formula is C32H28N4O2. The molecule has 0 atom stereocenters. The van der Waals surface area contributed by atoms with Crippen molar-refractivity contribution in [1.29, 1.82) is 0 Å². The molecule has 4 aromatic carbocycles. The molecule has 1 aliphatic carbocycles. The number of hydrogen-bond donors (Lipinski definition) is 1. The van der Waals surface area contributed by atoms with Gasteiger partial charge in [0.15, 0.2) is 11.6 Å². The molecular weight excluding hydrogens is 472 g/mol. The van der Waals surface area contributed by atoms with E-state index in [0.29, 0.717) is 27.9 Å². The first-order valence-corrected chi connectivity index (χ1v) is 12.5. The molecule has 6 nitrogen and oxygen atoms in total. The lowest BCUT2D eigenvalue weighted by atomic mass is 9.83. The maximum absolute atomic E-state index is 13.3. The average molecular weight is 501 g/mol. The summed E-state index contributed by atoms with van der Waals surface area (Å²) in [6.45, 7) is 2.90. The number of azo groups is 1. The molecule has 38 heavy (non-hydrogen) atoms. The van der Waals surface area contributed by atoms with E-state index in [1.165, 1.54) is 0 Å². The molecule has 4 aromatic rings. The zero-order chi connectivity index (χ0) is 26.6. The second-order valence-corrected chi connectivity index (χ2v) is 9.21. The molecule has 188 valence electrons. The van der Waals surface area contributed by atoms with E-state index in [-0.39, 0.29) is 11.6 Å². The zero-order valence-electron chi connectivity index (χ0n) is 21.6. The highest BCUT2D eigenvalue weighted by molar-refractivity contribution is 6.29. The number of carbonyl (C=O) groups excluding carboxylic acids is 2. The Labute approximate surface area is 222 Å². The lowest BCUT2D eigenvalue weighted by molar-refractivity contribution is 0.0979. The second-order valence-electron chi connectivity index (χ2n) is 9.21. The molecule has 0 saturated heterocycles. The number of hydrogen-bond acceptors (Lipinski definition) is 6. The predicted octanol–water partition coefficient (Wildman–Crippen LogP) is 7.13. The fourth-order valence-electron chi connectivity index (χ4n) is 4.59. The Morgan fingerprint density at radius 2 is 1.37 bits per heavy atom. The van der Waals surface area contributed by atoms with Crippen LogP contribution in [0.3, 0.4) is 0 Å². The number of benzene rings is 4. The van der Waals surface area contributed by atoms with Crippen molar-refractivity contribution in [2.75, 3.05) is 30.9 Å². The maximum atomic E-state index is 13.3. The highest BCUT2D eigenvalue weighted by atomic mass is 16.1. The molecule has 0 heterocycles. The van der Waals surface area contributed by atoms with Crippen LogP contribution >= 0.6 is 0 Å². The van der Waals surface area contributed by atoms with E-state index in [1.54, 1.807) is 48.7 Å². The summed E-state index contributed by atoms with van der Waals surface area (Å²) in [6.07, 6.45) is 1.70. The Bertz CT molecular complexity index is 1570. The van der Waals surface area contributed by atoms with Crippen molar-refractivity contribution in [3.8, 4) is 0 Å². The van der Waals surface area contributed by atoms with Gasteiger partial charge in [-0.3, -0.25) is 9.59 Å². The number of nitrogens with one attached hydrogen (secondary N) is 1. The SMILES string of the molecule is CCNc1ccc(C(=CN=Nc2cccc3c2C(=O)c2ccccc2C3=O)c2ccc(N(C)C)cc2)cc1. The summed E-state index contributed by atoms with van der Waals surface area (Å²) in [5.41, 5.74) is 6.83. The van der Waals surface area contributed by atoms with Crippen LogP contribution < -0.4 is 10.2 Å². The van der Waals surface area contributed by atoms with Crippen LogP contribution in [0.1, 0.15) is 49.9 Å².